The molecule has 0 spiro atoms. The molecule has 1 aromatic heterocycles. The van der Waals surface area contributed by atoms with Crippen LogP contribution in [0, 0.1) is 0 Å². The molecule has 3 aromatic rings. The van der Waals surface area contributed by atoms with Crippen LogP contribution in [0.1, 0.15) is 25.5 Å². The highest BCUT2D eigenvalue weighted by Gasteiger charge is 2.18. The molecule has 0 saturated heterocycles. The van der Waals surface area contributed by atoms with Crippen molar-refractivity contribution in [3.63, 3.8) is 0 Å². The Morgan fingerprint density at radius 2 is 1.94 bits per heavy atom. The molecule has 0 bridgehead atoms. The summed E-state index contributed by atoms with van der Waals surface area (Å²) in [5, 5.41) is 1.52. The highest BCUT2D eigenvalue weighted by molar-refractivity contribution is 7.99. The predicted molar refractivity (Wildman–Crippen MR) is 126 cm³/mol. The summed E-state index contributed by atoms with van der Waals surface area (Å²) in [5.74, 6) is 1.51. The molecule has 0 fully saturated rings. The van der Waals surface area contributed by atoms with Crippen molar-refractivity contribution < 1.29 is 14.3 Å². The fraction of sp³-hybridized carbons (Fsp3) is 0.348. The second-order valence-corrected chi connectivity index (χ2v) is 9.22. The van der Waals surface area contributed by atoms with E-state index in [0.29, 0.717) is 46.6 Å². The molecule has 1 amide bonds. The number of amides is 1. The van der Waals surface area contributed by atoms with E-state index in [1.807, 2.05) is 32.0 Å². The van der Waals surface area contributed by atoms with Crippen molar-refractivity contribution in [3.8, 4) is 11.5 Å². The number of rotatable bonds is 6. The number of nitrogens with zero attached hydrogens (tertiary/aromatic N) is 3. The smallest absolute Gasteiger partial charge is 0.262 e. The number of thioether (sulfide) groups is 1. The summed E-state index contributed by atoms with van der Waals surface area (Å²) in [4.78, 5) is 32.1. The Morgan fingerprint density at radius 1 is 1.19 bits per heavy atom. The van der Waals surface area contributed by atoms with Gasteiger partial charge in [0.1, 0.15) is 13.2 Å². The molecule has 0 atom stereocenters. The molecule has 7 nitrogen and oxygen atoms in total. The third-order valence-corrected chi connectivity index (χ3v) is 6.30. The van der Waals surface area contributed by atoms with Gasteiger partial charge in [0.15, 0.2) is 16.7 Å². The highest BCUT2D eigenvalue weighted by Crippen LogP contribution is 2.31. The molecule has 32 heavy (non-hydrogen) atoms. The Bertz CT molecular complexity index is 1230. The lowest BCUT2D eigenvalue weighted by molar-refractivity contribution is -0.127. The summed E-state index contributed by atoms with van der Waals surface area (Å²) in [6, 6.07) is 10.6. The normalized spacial score (nSPS) is 12.9. The Labute approximate surface area is 195 Å². The lowest BCUT2D eigenvalue weighted by Gasteiger charge is -2.21. The van der Waals surface area contributed by atoms with E-state index in [9.17, 15) is 9.59 Å². The molecule has 1 aliphatic heterocycles. The lowest BCUT2D eigenvalue weighted by atomic mass is 10.2. The first-order valence-corrected chi connectivity index (χ1v) is 11.7. The van der Waals surface area contributed by atoms with Gasteiger partial charge in [0.2, 0.25) is 5.91 Å². The third kappa shape index (κ3) is 4.71. The molecule has 4 rings (SSSR count). The standard InChI is InChI=1S/C23H24ClN3O4S/c1-14(2)27-22(29)17-6-5-16(24)11-18(17)25-23(27)32-13-21(28)26(3)12-15-4-7-19-20(10-15)31-9-8-30-19/h4-7,10-11,14H,8-9,12-13H2,1-3H3. The topological polar surface area (TPSA) is 73.7 Å². The van der Waals surface area contributed by atoms with Crippen LogP contribution in [-0.4, -0.2) is 46.4 Å². The SMILES string of the molecule is CC(C)n1c(SCC(=O)N(C)Cc2ccc3c(c2)OCCO3)nc2cc(Cl)ccc2c1=O. The number of hydrogen-bond acceptors (Lipinski definition) is 6. The molecule has 0 unspecified atom stereocenters. The second kappa shape index (κ2) is 9.42. The molecule has 0 N–H and O–H groups in total. The van der Waals surface area contributed by atoms with E-state index in [0.717, 1.165) is 11.3 Å². The number of carbonyl (C=O) groups is 1. The quantitative estimate of drug-likeness (QED) is 0.395. The van der Waals surface area contributed by atoms with E-state index in [4.69, 9.17) is 21.1 Å². The minimum atomic E-state index is -0.138. The number of aromatic nitrogens is 2. The van der Waals surface area contributed by atoms with Crippen LogP contribution in [-0.2, 0) is 11.3 Å². The van der Waals surface area contributed by atoms with Gasteiger partial charge in [0.25, 0.3) is 5.56 Å². The molecule has 2 heterocycles. The summed E-state index contributed by atoms with van der Waals surface area (Å²) < 4.78 is 12.8. The van der Waals surface area contributed by atoms with Crippen LogP contribution in [0.25, 0.3) is 10.9 Å². The second-order valence-electron chi connectivity index (χ2n) is 7.84. The zero-order chi connectivity index (χ0) is 22.8. The van der Waals surface area contributed by atoms with E-state index in [-0.39, 0.29) is 23.3 Å². The minimum absolute atomic E-state index is 0.0689. The highest BCUT2D eigenvalue weighted by atomic mass is 35.5. The molecule has 1 aliphatic rings. The van der Waals surface area contributed by atoms with Gasteiger partial charge in [-0.15, -0.1) is 0 Å². The van der Waals surface area contributed by atoms with Gasteiger partial charge in [-0.1, -0.05) is 29.4 Å². The summed E-state index contributed by atoms with van der Waals surface area (Å²) >= 11 is 7.34. The van der Waals surface area contributed by atoms with Crippen molar-refractivity contribution in [1.82, 2.24) is 14.5 Å². The zero-order valence-corrected chi connectivity index (χ0v) is 19.7. The number of fused-ring (bicyclic) bond motifs is 2. The zero-order valence-electron chi connectivity index (χ0n) is 18.1. The van der Waals surface area contributed by atoms with Crippen LogP contribution in [0.2, 0.25) is 5.02 Å². The van der Waals surface area contributed by atoms with Gasteiger partial charge in [0, 0.05) is 24.7 Å². The molecular weight excluding hydrogens is 450 g/mol. The minimum Gasteiger partial charge on any atom is -0.486 e. The Hall–Kier alpha value is -2.71. The first-order chi connectivity index (χ1) is 15.3. The summed E-state index contributed by atoms with van der Waals surface area (Å²) in [6.07, 6.45) is 0. The van der Waals surface area contributed by atoms with Crippen molar-refractivity contribution in [2.45, 2.75) is 31.6 Å². The summed E-state index contributed by atoms with van der Waals surface area (Å²) in [5.41, 5.74) is 1.34. The third-order valence-electron chi connectivity index (χ3n) is 5.12. The van der Waals surface area contributed by atoms with Crippen molar-refractivity contribution in [1.29, 1.82) is 0 Å². The molecule has 168 valence electrons. The number of carbonyl (C=O) groups excluding carboxylic acids is 1. The van der Waals surface area contributed by atoms with Gasteiger partial charge in [-0.3, -0.25) is 14.2 Å². The van der Waals surface area contributed by atoms with Crippen molar-refractivity contribution in [2.75, 3.05) is 26.0 Å². The van der Waals surface area contributed by atoms with E-state index in [1.165, 1.54) is 11.8 Å². The fourth-order valence-corrected chi connectivity index (χ4v) is 4.73. The molecule has 2 aromatic carbocycles. The van der Waals surface area contributed by atoms with Gasteiger partial charge >= 0.3 is 0 Å². The van der Waals surface area contributed by atoms with Gasteiger partial charge in [-0.2, -0.15) is 0 Å². The number of ether oxygens (including phenoxy) is 2. The lowest BCUT2D eigenvalue weighted by Crippen LogP contribution is -2.29. The maximum Gasteiger partial charge on any atom is 0.262 e. The maximum atomic E-state index is 13.0. The predicted octanol–water partition coefficient (Wildman–Crippen LogP) is 4.15. The first-order valence-electron chi connectivity index (χ1n) is 10.3. The van der Waals surface area contributed by atoms with Crippen LogP contribution in [0.15, 0.2) is 46.3 Å². The number of benzene rings is 2. The van der Waals surface area contributed by atoms with E-state index in [2.05, 4.69) is 4.98 Å². The largest absolute Gasteiger partial charge is 0.486 e. The fourth-order valence-electron chi connectivity index (χ4n) is 3.49. The summed E-state index contributed by atoms with van der Waals surface area (Å²) in [7, 11) is 1.75. The van der Waals surface area contributed by atoms with Crippen molar-refractivity contribution in [3.05, 3.63) is 57.3 Å². The van der Waals surface area contributed by atoms with Crippen LogP contribution < -0.4 is 15.0 Å². The first kappa shape index (κ1) is 22.5. The Kier molecular flexibility index (Phi) is 6.62. The Balaban J connectivity index is 1.49. The van der Waals surface area contributed by atoms with Gasteiger partial charge < -0.3 is 14.4 Å². The van der Waals surface area contributed by atoms with E-state index >= 15 is 0 Å². The van der Waals surface area contributed by atoms with Crippen LogP contribution in [0.3, 0.4) is 0 Å². The molecular formula is C23H24ClN3O4S. The average Bonchev–Trinajstić information content (AvgIpc) is 2.76. The molecule has 9 heteroatoms. The van der Waals surface area contributed by atoms with Crippen LogP contribution in [0.5, 0.6) is 11.5 Å². The molecule has 0 aliphatic carbocycles. The molecule has 0 radical (unpaired) electrons. The van der Waals surface area contributed by atoms with Gasteiger partial charge in [-0.05, 0) is 49.7 Å². The Morgan fingerprint density at radius 3 is 2.69 bits per heavy atom. The number of hydrogen-bond donors (Lipinski definition) is 0. The summed E-state index contributed by atoms with van der Waals surface area (Å²) in [6.45, 7) is 5.34. The van der Waals surface area contributed by atoms with Crippen LogP contribution >= 0.6 is 23.4 Å². The maximum absolute atomic E-state index is 13.0. The van der Waals surface area contributed by atoms with Crippen molar-refractivity contribution >= 4 is 40.2 Å². The van der Waals surface area contributed by atoms with E-state index < -0.39 is 0 Å². The van der Waals surface area contributed by atoms with Gasteiger partial charge in [0.05, 0.1) is 16.7 Å². The average molecular weight is 474 g/mol. The number of halogens is 1. The monoisotopic (exact) mass is 473 g/mol. The van der Waals surface area contributed by atoms with Gasteiger partial charge in [-0.25, -0.2) is 4.98 Å². The van der Waals surface area contributed by atoms with Crippen LogP contribution in [0.4, 0.5) is 0 Å². The van der Waals surface area contributed by atoms with Crippen molar-refractivity contribution in [2.24, 2.45) is 0 Å². The molecule has 0 saturated carbocycles. The van der Waals surface area contributed by atoms with E-state index in [1.54, 1.807) is 34.7 Å².